The highest BCUT2D eigenvalue weighted by atomic mass is 35.5. The third kappa shape index (κ3) is 4.63. The molecule has 8 heteroatoms. The minimum Gasteiger partial charge on any atom is -0.493 e. The summed E-state index contributed by atoms with van der Waals surface area (Å²) in [4.78, 5) is 14.9. The Morgan fingerprint density at radius 3 is 2.50 bits per heavy atom. The molecule has 1 heterocycles. The summed E-state index contributed by atoms with van der Waals surface area (Å²) in [7, 11) is 3.19. The van der Waals surface area contributed by atoms with E-state index in [0.29, 0.717) is 43.7 Å². The predicted octanol–water partition coefficient (Wildman–Crippen LogP) is 5.45. The number of hydrogen-bond donors (Lipinski definition) is 0. The van der Waals surface area contributed by atoms with E-state index in [1.54, 1.807) is 37.3 Å². The summed E-state index contributed by atoms with van der Waals surface area (Å²) in [5.41, 5.74) is 1.83. The van der Waals surface area contributed by atoms with Gasteiger partial charge in [0.15, 0.2) is 11.5 Å². The van der Waals surface area contributed by atoms with E-state index in [1.807, 2.05) is 24.3 Å². The zero-order chi connectivity index (χ0) is 20.3. The van der Waals surface area contributed by atoms with Gasteiger partial charge in [-0.15, -0.1) is 0 Å². The summed E-state index contributed by atoms with van der Waals surface area (Å²) in [5.74, 6) is 1.22. The minimum atomic E-state index is -0.110. The zero-order valence-electron chi connectivity index (χ0n) is 15.2. The molecule has 0 radical (unpaired) electrons. The Morgan fingerprint density at radius 2 is 1.82 bits per heavy atom. The first-order valence-electron chi connectivity index (χ1n) is 8.34. The van der Waals surface area contributed by atoms with Gasteiger partial charge in [0.25, 0.3) is 5.91 Å². The molecule has 1 aliphatic rings. The fourth-order valence-electron chi connectivity index (χ4n) is 2.72. The lowest BCUT2D eigenvalue weighted by Crippen LogP contribution is -2.30. The van der Waals surface area contributed by atoms with Gasteiger partial charge in [0.2, 0.25) is 0 Å². The number of nitrogens with zero attached hydrogens (tertiary/aromatic N) is 1. The zero-order valence-corrected chi connectivity index (χ0v) is 18.3. The second kappa shape index (κ2) is 9.18. The van der Waals surface area contributed by atoms with E-state index < -0.39 is 0 Å². The molecular weight excluding hydrogens is 437 g/mol. The largest absolute Gasteiger partial charge is 0.493 e. The van der Waals surface area contributed by atoms with E-state index in [0.717, 1.165) is 11.1 Å². The Bertz CT molecular complexity index is 962. The number of carbonyl (C=O) groups excluding carboxylic acids is 1. The van der Waals surface area contributed by atoms with E-state index in [1.165, 1.54) is 11.8 Å². The van der Waals surface area contributed by atoms with E-state index in [4.69, 9.17) is 44.9 Å². The molecule has 0 aromatic heterocycles. The maximum atomic E-state index is 12.8. The number of halogens is 2. The van der Waals surface area contributed by atoms with Crippen LogP contribution >= 0.6 is 47.2 Å². The standard InChI is InChI=1S/C20H17Cl2NO3S2/c1-25-16-6-4-12(10-17(16)26-2)7-8-23-19(24)18(28-20(23)27)11-13-3-5-14(21)15(22)9-13/h3-6,9-11H,7-8H2,1-2H3/b18-11+. The van der Waals surface area contributed by atoms with Crippen LogP contribution in [0.25, 0.3) is 6.08 Å². The molecule has 0 saturated carbocycles. The molecule has 0 N–H and O–H groups in total. The van der Waals surface area contributed by atoms with Gasteiger partial charge in [0.1, 0.15) is 4.32 Å². The molecule has 2 aromatic rings. The lowest BCUT2D eigenvalue weighted by molar-refractivity contribution is -0.122. The molecule has 1 amide bonds. The molecule has 0 atom stereocenters. The van der Waals surface area contributed by atoms with Crippen molar-refractivity contribution in [2.75, 3.05) is 20.8 Å². The maximum Gasteiger partial charge on any atom is 0.266 e. The van der Waals surface area contributed by atoms with Gasteiger partial charge in [0.05, 0.1) is 29.2 Å². The summed E-state index contributed by atoms with van der Waals surface area (Å²) in [5, 5.41) is 0.917. The second-order valence-corrected chi connectivity index (χ2v) is 8.44. The number of carbonyl (C=O) groups is 1. The normalized spacial score (nSPS) is 15.4. The molecule has 0 bridgehead atoms. The van der Waals surface area contributed by atoms with Gasteiger partial charge in [-0.3, -0.25) is 9.69 Å². The van der Waals surface area contributed by atoms with Crippen molar-refractivity contribution < 1.29 is 14.3 Å². The summed E-state index contributed by atoms with van der Waals surface area (Å²) in [6, 6.07) is 10.9. The summed E-state index contributed by atoms with van der Waals surface area (Å²) in [6.07, 6.45) is 2.42. The first kappa shape index (κ1) is 21.0. The summed E-state index contributed by atoms with van der Waals surface area (Å²) >= 11 is 18.7. The van der Waals surface area contributed by atoms with Crippen LogP contribution in [0, 0.1) is 0 Å². The quantitative estimate of drug-likeness (QED) is 0.429. The number of thioether (sulfide) groups is 1. The topological polar surface area (TPSA) is 38.8 Å². The number of hydrogen-bond acceptors (Lipinski definition) is 5. The van der Waals surface area contributed by atoms with E-state index in [9.17, 15) is 4.79 Å². The van der Waals surface area contributed by atoms with Gasteiger partial charge in [-0.1, -0.05) is 59.3 Å². The molecule has 0 aliphatic carbocycles. The molecule has 146 valence electrons. The van der Waals surface area contributed by atoms with Crippen LogP contribution in [0.5, 0.6) is 11.5 Å². The Hall–Kier alpha value is -1.73. The highest BCUT2D eigenvalue weighted by molar-refractivity contribution is 8.26. The minimum absolute atomic E-state index is 0.110. The molecule has 0 unspecified atom stereocenters. The number of ether oxygens (including phenoxy) is 2. The molecule has 1 aliphatic heterocycles. The Balaban J connectivity index is 1.72. The molecular formula is C20H17Cl2NO3S2. The van der Waals surface area contributed by atoms with Crippen molar-refractivity contribution in [2.45, 2.75) is 6.42 Å². The number of amides is 1. The molecule has 1 saturated heterocycles. The second-order valence-electron chi connectivity index (χ2n) is 5.95. The summed E-state index contributed by atoms with van der Waals surface area (Å²) in [6.45, 7) is 0.485. The van der Waals surface area contributed by atoms with Crippen LogP contribution in [-0.2, 0) is 11.2 Å². The van der Waals surface area contributed by atoms with E-state index >= 15 is 0 Å². The third-order valence-corrected chi connectivity index (χ3v) is 6.30. The van der Waals surface area contributed by atoms with Crippen LogP contribution in [0.15, 0.2) is 41.3 Å². The average Bonchev–Trinajstić information content (AvgIpc) is 2.95. The molecule has 1 fully saturated rings. The highest BCUT2D eigenvalue weighted by Crippen LogP contribution is 2.34. The van der Waals surface area contributed by atoms with Crippen LogP contribution in [0.1, 0.15) is 11.1 Å². The molecule has 28 heavy (non-hydrogen) atoms. The van der Waals surface area contributed by atoms with Gasteiger partial charge in [-0.25, -0.2) is 0 Å². The molecule has 0 spiro atoms. The molecule has 2 aromatic carbocycles. The first-order chi connectivity index (χ1) is 13.4. The number of thiocarbonyl (C=S) groups is 1. The van der Waals surface area contributed by atoms with Crippen LogP contribution in [-0.4, -0.2) is 35.9 Å². The van der Waals surface area contributed by atoms with Gasteiger partial charge in [-0.2, -0.15) is 0 Å². The van der Waals surface area contributed by atoms with Crippen molar-refractivity contribution in [2.24, 2.45) is 0 Å². The summed E-state index contributed by atoms with van der Waals surface area (Å²) < 4.78 is 11.1. The Labute approximate surface area is 183 Å². The number of rotatable bonds is 6. The van der Waals surface area contributed by atoms with Crippen molar-refractivity contribution in [3.05, 3.63) is 62.5 Å². The van der Waals surface area contributed by atoms with Crippen molar-refractivity contribution in [1.29, 1.82) is 0 Å². The van der Waals surface area contributed by atoms with Crippen LogP contribution in [0.4, 0.5) is 0 Å². The van der Waals surface area contributed by atoms with E-state index in [-0.39, 0.29) is 5.91 Å². The smallest absolute Gasteiger partial charge is 0.266 e. The molecule has 3 rings (SSSR count). The van der Waals surface area contributed by atoms with Crippen LogP contribution in [0.3, 0.4) is 0 Å². The fourth-order valence-corrected chi connectivity index (χ4v) is 4.34. The van der Waals surface area contributed by atoms with Crippen LogP contribution in [0.2, 0.25) is 10.0 Å². The van der Waals surface area contributed by atoms with Gasteiger partial charge < -0.3 is 9.47 Å². The van der Waals surface area contributed by atoms with Crippen molar-refractivity contribution in [3.63, 3.8) is 0 Å². The monoisotopic (exact) mass is 453 g/mol. The number of benzene rings is 2. The van der Waals surface area contributed by atoms with E-state index in [2.05, 4.69) is 0 Å². The number of methoxy groups -OCH3 is 2. The lowest BCUT2D eigenvalue weighted by atomic mass is 10.1. The van der Waals surface area contributed by atoms with Gasteiger partial charge in [-0.05, 0) is 47.9 Å². The predicted molar refractivity (Wildman–Crippen MR) is 120 cm³/mol. The van der Waals surface area contributed by atoms with Crippen LogP contribution < -0.4 is 9.47 Å². The van der Waals surface area contributed by atoms with Crippen molar-refractivity contribution in [3.8, 4) is 11.5 Å². The lowest BCUT2D eigenvalue weighted by Gasteiger charge is -2.15. The first-order valence-corrected chi connectivity index (χ1v) is 10.3. The van der Waals surface area contributed by atoms with Gasteiger partial charge in [0, 0.05) is 6.54 Å². The highest BCUT2D eigenvalue weighted by Gasteiger charge is 2.31. The third-order valence-electron chi connectivity index (χ3n) is 4.19. The SMILES string of the molecule is COc1ccc(CCN2C(=O)/C(=C\c3ccc(Cl)c(Cl)c3)SC2=S)cc1OC. The Kier molecular flexibility index (Phi) is 6.88. The molecule has 4 nitrogen and oxygen atoms in total. The maximum absolute atomic E-state index is 12.8. The van der Waals surface area contributed by atoms with Gasteiger partial charge >= 0.3 is 0 Å². The van der Waals surface area contributed by atoms with Crippen molar-refractivity contribution >= 4 is 63.5 Å². The Morgan fingerprint density at radius 1 is 1.07 bits per heavy atom. The fraction of sp³-hybridized carbons (Fsp3) is 0.200. The van der Waals surface area contributed by atoms with Crippen molar-refractivity contribution in [1.82, 2.24) is 4.90 Å². The average molecular weight is 454 g/mol.